The molecule has 20 heavy (non-hydrogen) atoms. The van der Waals surface area contributed by atoms with Crippen molar-refractivity contribution in [1.29, 1.82) is 0 Å². The van der Waals surface area contributed by atoms with E-state index in [1.807, 2.05) is 16.0 Å². The van der Waals surface area contributed by atoms with Crippen molar-refractivity contribution < 1.29 is 14.6 Å². The third-order valence-corrected chi connectivity index (χ3v) is 4.28. The van der Waals surface area contributed by atoms with E-state index in [1.165, 1.54) is 0 Å². The first kappa shape index (κ1) is 13.5. The molecule has 0 aromatic carbocycles. The first-order chi connectivity index (χ1) is 9.70. The number of ether oxygens (including phenoxy) is 1. The Morgan fingerprint density at radius 3 is 3.00 bits per heavy atom. The molecule has 0 aliphatic carbocycles. The van der Waals surface area contributed by atoms with E-state index in [0.29, 0.717) is 0 Å². The maximum atomic E-state index is 10.5. The molecule has 1 N–H and O–H groups in total. The molecular formula is C13H17N3O3S. The van der Waals surface area contributed by atoms with Gasteiger partial charge < -0.3 is 9.84 Å². The zero-order valence-electron chi connectivity index (χ0n) is 11.1. The highest BCUT2D eigenvalue weighted by Crippen LogP contribution is 2.17. The lowest BCUT2D eigenvalue weighted by atomic mass is 10.1. The second-order valence-corrected chi connectivity index (χ2v) is 5.88. The minimum atomic E-state index is -0.898. The van der Waals surface area contributed by atoms with Gasteiger partial charge >= 0.3 is 5.97 Å². The van der Waals surface area contributed by atoms with Crippen LogP contribution in [0.4, 0.5) is 0 Å². The topological polar surface area (TPSA) is 67.1 Å². The average molecular weight is 295 g/mol. The monoisotopic (exact) mass is 295 g/mol. The summed E-state index contributed by atoms with van der Waals surface area (Å²) in [5.74, 6) is -0.898. The summed E-state index contributed by atoms with van der Waals surface area (Å²) in [6, 6.07) is 0. The summed E-state index contributed by atoms with van der Waals surface area (Å²) in [6.07, 6.45) is 5.93. The van der Waals surface area contributed by atoms with Crippen LogP contribution >= 0.6 is 11.3 Å². The summed E-state index contributed by atoms with van der Waals surface area (Å²) < 4.78 is 7.38. The van der Waals surface area contributed by atoms with Crippen molar-refractivity contribution in [2.24, 2.45) is 0 Å². The van der Waals surface area contributed by atoms with Gasteiger partial charge in [-0.3, -0.25) is 9.30 Å². The van der Waals surface area contributed by atoms with Crippen molar-refractivity contribution in [3.05, 3.63) is 23.5 Å². The number of carboxylic acid groups (broad SMARTS) is 1. The summed E-state index contributed by atoms with van der Waals surface area (Å²) in [6.45, 7) is 2.51. The number of aromatic nitrogens is 2. The van der Waals surface area contributed by atoms with Gasteiger partial charge in [-0.1, -0.05) is 0 Å². The number of hydrogen-bond acceptors (Lipinski definition) is 5. The van der Waals surface area contributed by atoms with Gasteiger partial charge in [-0.2, -0.15) is 0 Å². The number of fused-ring (bicyclic) bond motifs is 1. The summed E-state index contributed by atoms with van der Waals surface area (Å²) >= 11 is 1.64. The van der Waals surface area contributed by atoms with Gasteiger partial charge in [-0.25, -0.2) is 9.78 Å². The van der Waals surface area contributed by atoms with Crippen molar-refractivity contribution in [1.82, 2.24) is 14.3 Å². The number of aliphatic carboxylic acids is 1. The van der Waals surface area contributed by atoms with E-state index in [0.717, 1.165) is 43.1 Å². The number of rotatable bonds is 5. The SMILES string of the molecule is O=C(O)COC1CCN(Cc2cn3ccsc3n2)CC1. The smallest absolute Gasteiger partial charge is 0.329 e. The molecule has 1 aliphatic rings. The van der Waals surface area contributed by atoms with Crippen LogP contribution in [0.2, 0.25) is 0 Å². The van der Waals surface area contributed by atoms with Crippen LogP contribution in [0.5, 0.6) is 0 Å². The quantitative estimate of drug-likeness (QED) is 0.904. The Balaban J connectivity index is 1.48. The van der Waals surface area contributed by atoms with Crippen LogP contribution < -0.4 is 0 Å². The van der Waals surface area contributed by atoms with E-state index in [4.69, 9.17) is 9.84 Å². The molecule has 1 fully saturated rings. The second kappa shape index (κ2) is 5.90. The number of nitrogens with zero attached hydrogens (tertiary/aromatic N) is 3. The molecule has 1 saturated heterocycles. The van der Waals surface area contributed by atoms with Gasteiger partial charge in [0.05, 0.1) is 11.8 Å². The molecule has 0 radical (unpaired) electrons. The lowest BCUT2D eigenvalue weighted by Gasteiger charge is -2.30. The van der Waals surface area contributed by atoms with Crippen LogP contribution in [-0.4, -0.2) is 51.2 Å². The lowest BCUT2D eigenvalue weighted by molar-refractivity contribution is -0.145. The summed E-state index contributed by atoms with van der Waals surface area (Å²) in [7, 11) is 0. The van der Waals surface area contributed by atoms with Gasteiger partial charge in [-0.05, 0) is 12.8 Å². The first-order valence-electron chi connectivity index (χ1n) is 6.67. The first-order valence-corrected chi connectivity index (χ1v) is 7.55. The van der Waals surface area contributed by atoms with E-state index < -0.39 is 5.97 Å². The Hall–Kier alpha value is -1.44. The molecule has 2 aromatic heterocycles. The number of carbonyl (C=O) groups is 1. The maximum absolute atomic E-state index is 10.5. The van der Waals surface area contributed by atoms with E-state index in [1.54, 1.807) is 11.3 Å². The number of likely N-dealkylation sites (tertiary alicyclic amines) is 1. The van der Waals surface area contributed by atoms with Gasteiger partial charge in [0.25, 0.3) is 0 Å². The van der Waals surface area contributed by atoms with Crippen LogP contribution in [0, 0.1) is 0 Å². The molecule has 3 heterocycles. The zero-order chi connectivity index (χ0) is 13.9. The van der Waals surface area contributed by atoms with Crippen molar-refractivity contribution in [3.8, 4) is 0 Å². The van der Waals surface area contributed by atoms with E-state index in [2.05, 4.69) is 16.1 Å². The van der Waals surface area contributed by atoms with Gasteiger partial charge in [0, 0.05) is 37.4 Å². The standard InChI is InChI=1S/C13H17N3O3S/c17-12(18)9-19-11-1-3-15(4-2-11)7-10-8-16-5-6-20-13(16)14-10/h5-6,8,11H,1-4,7,9H2,(H,17,18). The lowest BCUT2D eigenvalue weighted by Crippen LogP contribution is -2.37. The molecular weight excluding hydrogens is 278 g/mol. The highest BCUT2D eigenvalue weighted by atomic mass is 32.1. The van der Waals surface area contributed by atoms with E-state index in [9.17, 15) is 4.79 Å². The molecule has 6 nitrogen and oxygen atoms in total. The van der Waals surface area contributed by atoms with E-state index in [-0.39, 0.29) is 12.7 Å². The summed E-state index contributed by atoms with van der Waals surface area (Å²) in [5.41, 5.74) is 1.08. The van der Waals surface area contributed by atoms with Crippen molar-refractivity contribution in [3.63, 3.8) is 0 Å². The molecule has 0 unspecified atom stereocenters. The fraction of sp³-hybridized carbons (Fsp3) is 0.538. The maximum Gasteiger partial charge on any atom is 0.329 e. The molecule has 0 saturated carbocycles. The Bertz CT molecular complexity index is 558. The Morgan fingerprint density at radius 1 is 1.50 bits per heavy atom. The average Bonchev–Trinajstić information content (AvgIpc) is 2.99. The normalized spacial score (nSPS) is 17.8. The third-order valence-electron chi connectivity index (χ3n) is 3.51. The zero-order valence-corrected chi connectivity index (χ0v) is 11.9. The molecule has 0 amide bonds. The predicted molar refractivity (Wildman–Crippen MR) is 75.0 cm³/mol. The van der Waals surface area contributed by atoms with Gasteiger partial charge in [0.1, 0.15) is 6.61 Å². The predicted octanol–water partition coefficient (Wildman–Crippen LogP) is 1.46. The number of carboxylic acids is 1. The van der Waals surface area contributed by atoms with Gasteiger partial charge in [0.15, 0.2) is 4.96 Å². The summed E-state index contributed by atoms with van der Waals surface area (Å²) in [4.78, 5) is 18.4. The fourth-order valence-corrected chi connectivity index (χ4v) is 3.22. The van der Waals surface area contributed by atoms with Crippen LogP contribution in [0.25, 0.3) is 4.96 Å². The van der Waals surface area contributed by atoms with Crippen LogP contribution in [-0.2, 0) is 16.1 Å². The van der Waals surface area contributed by atoms with Gasteiger partial charge in [-0.15, -0.1) is 11.3 Å². The number of imidazole rings is 1. The van der Waals surface area contributed by atoms with Crippen LogP contribution in [0.1, 0.15) is 18.5 Å². The molecule has 0 bridgehead atoms. The summed E-state index contributed by atoms with van der Waals surface area (Å²) in [5, 5.41) is 10.6. The third kappa shape index (κ3) is 3.17. The Morgan fingerprint density at radius 2 is 2.30 bits per heavy atom. The van der Waals surface area contributed by atoms with E-state index >= 15 is 0 Å². The second-order valence-electron chi connectivity index (χ2n) is 5.01. The molecule has 1 aliphatic heterocycles. The largest absolute Gasteiger partial charge is 0.480 e. The number of hydrogen-bond donors (Lipinski definition) is 1. The number of piperidine rings is 1. The van der Waals surface area contributed by atoms with Crippen LogP contribution in [0.3, 0.4) is 0 Å². The Kier molecular flexibility index (Phi) is 4.00. The molecule has 2 aromatic rings. The minimum absolute atomic E-state index is 0.0767. The molecule has 7 heteroatoms. The molecule has 0 atom stereocenters. The molecule has 108 valence electrons. The van der Waals surface area contributed by atoms with Gasteiger partial charge in [0.2, 0.25) is 0 Å². The van der Waals surface area contributed by atoms with Crippen LogP contribution in [0.15, 0.2) is 17.8 Å². The minimum Gasteiger partial charge on any atom is -0.480 e. The molecule has 3 rings (SSSR count). The Labute approximate surface area is 120 Å². The fourth-order valence-electron chi connectivity index (χ4n) is 2.50. The van der Waals surface area contributed by atoms with Crippen molar-refractivity contribution in [2.75, 3.05) is 19.7 Å². The van der Waals surface area contributed by atoms with Crippen molar-refractivity contribution >= 4 is 22.3 Å². The highest BCUT2D eigenvalue weighted by Gasteiger charge is 2.21. The molecule has 0 spiro atoms. The number of thiazole rings is 1. The highest BCUT2D eigenvalue weighted by molar-refractivity contribution is 7.15. The van der Waals surface area contributed by atoms with Crippen molar-refractivity contribution in [2.45, 2.75) is 25.5 Å².